The molecule has 5 nitrogen and oxygen atoms in total. The van der Waals surface area contributed by atoms with Crippen LogP contribution in [0.4, 0.5) is 0 Å². The van der Waals surface area contributed by atoms with Crippen molar-refractivity contribution < 1.29 is 9.21 Å². The average molecular weight is 251 g/mol. The zero-order chi connectivity index (χ0) is 13.3. The van der Waals surface area contributed by atoms with Crippen LogP contribution in [0.25, 0.3) is 0 Å². The van der Waals surface area contributed by atoms with Crippen molar-refractivity contribution >= 4 is 5.91 Å². The largest absolute Gasteiger partial charge is 0.436 e. The molecule has 1 amide bonds. The Balaban J connectivity index is 2.28. The lowest BCUT2D eigenvalue weighted by molar-refractivity contribution is 0.0460. The SMILES string of the molecule is Cc1nc(C)c(C(=O)N2C(C)CCCC2CN)o1. The predicted octanol–water partition coefficient (Wildman–Crippen LogP) is 1.63. The van der Waals surface area contributed by atoms with E-state index in [0.29, 0.717) is 23.9 Å². The van der Waals surface area contributed by atoms with Crippen molar-refractivity contribution in [1.82, 2.24) is 9.88 Å². The number of aryl methyl sites for hydroxylation is 2. The Morgan fingerprint density at radius 1 is 1.50 bits per heavy atom. The highest BCUT2D eigenvalue weighted by molar-refractivity contribution is 5.93. The van der Waals surface area contributed by atoms with Crippen LogP contribution in [0, 0.1) is 13.8 Å². The summed E-state index contributed by atoms with van der Waals surface area (Å²) in [5, 5.41) is 0. The molecule has 0 radical (unpaired) electrons. The van der Waals surface area contributed by atoms with Crippen molar-refractivity contribution in [3.8, 4) is 0 Å². The minimum Gasteiger partial charge on any atom is -0.436 e. The quantitative estimate of drug-likeness (QED) is 0.867. The maximum absolute atomic E-state index is 12.6. The van der Waals surface area contributed by atoms with E-state index in [1.54, 1.807) is 13.8 Å². The Labute approximate surface area is 107 Å². The number of carbonyl (C=O) groups is 1. The Morgan fingerprint density at radius 2 is 2.22 bits per heavy atom. The smallest absolute Gasteiger partial charge is 0.292 e. The number of hydrogen-bond acceptors (Lipinski definition) is 4. The minimum absolute atomic E-state index is 0.0734. The highest BCUT2D eigenvalue weighted by atomic mass is 16.4. The number of likely N-dealkylation sites (tertiary alicyclic amines) is 1. The number of carbonyl (C=O) groups excluding carboxylic acids is 1. The summed E-state index contributed by atoms with van der Waals surface area (Å²) in [6.45, 7) is 6.13. The maximum Gasteiger partial charge on any atom is 0.292 e. The molecule has 0 aromatic carbocycles. The highest BCUT2D eigenvalue weighted by Gasteiger charge is 2.34. The Kier molecular flexibility index (Phi) is 3.71. The number of amides is 1. The van der Waals surface area contributed by atoms with Gasteiger partial charge < -0.3 is 15.1 Å². The molecule has 2 N–H and O–H groups in total. The number of nitrogens with zero attached hydrogens (tertiary/aromatic N) is 2. The molecule has 0 saturated carbocycles. The second-order valence-electron chi connectivity index (χ2n) is 5.03. The molecule has 1 aromatic heterocycles. The van der Waals surface area contributed by atoms with Gasteiger partial charge in [0.25, 0.3) is 5.91 Å². The molecule has 2 atom stereocenters. The summed E-state index contributed by atoms with van der Waals surface area (Å²) in [5.74, 6) is 0.820. The van der Waals surface area contributed by atoms with E-state index in [0.717, 1.165) is 19.3 Å². The molecule has 0 spiro atoms. The van der Waals surface area contributed by atoms with Gasteiger partial charge in [0.05, 0.1) is 5.69 Å². The Hall–Kier alpha value is -1.36. The van der Waals surface area contributed by atoms with Gasteiger partial charge in [-0.05, 0) is 33.1 Å². The average Bonchev–Trinajstić information content (AvgIpc) is 2.67. The molecule has 0 aliphatic carbocycles. The van der Waals surface area contributed by atoms with E-state index < -0.39 is 0 Å². The molecule has 2 unspecified atom stereocenters. The molecule has 2 rings (SSSR count). The van der Waals surface area contributed by atoms with E-state index in [9.17, 15) is 4.79 Å². The van der Waals surface area contributed by atoms with Gasteiger partial charge in [0.1, 0.15) is 0 Å². The van der Waals surface area contributed by atoms with E-state index in [1.807, 2.05) is 4.90 Å². The van der Waals surface area contributed by atoms with Crippen LogP contribution in [0.1, 0.15) is 48.3 Å². The lowest BCUT2D eigenvalue weighted by Gasteiger charge is -2.39. The first-order chi connectivity index (χ1) is 8.54. The molecule has 2 heterocycles. The first kappa shape index (κ1) is 13.1. The van der Waals surface area contributed by atoms with Crippen LogP contribution >= 0.6 is 0 Å². The van der Waals surface area contributed by atoms with Crippen LogP contribution in [0.2, 0.25) is 0 Å². The van der Waals surface area contributed by atoms with E-state index in [1.165, 1.54) is 0 Å². The molecule has 1 aromatic rings. The van der Waals surface area contributed by atoms with E-state index in [4.69, 9.17) is 10.2 Å². The Morgan fingerprint density at radius 3 is 2.78 bits per heavy atom. The fraction of sp³-hybridized carbons (Fsp3) is 0.692. The van der Waals surface area contributed by atoms with Crippen molar-refractivity contribution in [3.63, 3.8) is 0 Å². The van der Waals surface area contributed by atoms with Gasteiger partial charge in [-0.15, -0.1) is 0 Å². The molecule has 18 heavy (non-hydrogen) atoms. The molecule has 0 bridgehead atoms. The van der Waals surface area contributed by atoms with Gasteiger partial charge in [-0.2, -0.15) is 0 Å². The highest BCUT2D eigenvalue weighted by Crippen LogP contribution is 2.25. The lowest BCUT2D eigenvalue weighted by atomic mass is 9.96. The van der Waals surface area contributed by atoms with Crippen LogP contribution in [-0.4, -0.2) is 34.4 Å². The lowest BCUT2D eigenvalue weighted by Crippen LogP contribution is -2.51. The first-order valence-corrected chi connectivity index (χ1v) is 6.51. The zero-order valence-corrected chi connectivity index (χ0v) is 11.3. The summed E-state index contributed by atoms with van der Waals surface area (Å²) in [4.78, 5) is 18.6. The summed E-state index contributed by atoms with van der Waals surface area (Å²) in [5.41, 5.74) is 6.43. The zero-order valence-electron chi connectivity index (χ0n) is 11.3. The number of rotatable bonds is 2. The molecule has 1 aliphatic rings. The number of nitrogens with two attached hydrogens (primary N) is 1. The second kappa shape index (κ2) is 5.10. The molecule has 1 aliphatic heterocycles. The molecular weight excluding hydrogens is 230 g/mol. The topological polar surface area (TPSA) is 72.4 Å². The third-order valence-electron chi connectivity index (χ3n) is 3.63. The van der Waals surface area contributed by atoms with Crippen LogP contribution in [0.5, 0.6) is 0 Å². The molecule has 1 fully saturated rings. The molecule has 100 valence electrons. The minimum atomic E-state index is -0.0734. The van der Waals surface area contributed by atoms with Crippen LogP contribution in [0.3, 0.4) is 0 Å². The summed E-state index contributed by atoms with van der Waals surface area (Å²) in [6.07, 6.45) is 3.12. The molecule has 5 heteroatoms. The fourth-order valence-corrected chi connectivity index (χ4v) is 2.73. The van der Waals surface area contributed by atoms with Crippen molar-refractivity contribution in [2.24, 2.45) is 5.73 Å². The third kappa shape index (κ3) is 2.27. The fourth-order valence-electron chi connectivity index (χ4n) is 2.73. The van der Waals surface area contributed by atoms with Gasteiger partial charge in [0, 0.05) is 25.6 Å². The van der Waals surface area contributed by atoms with Crippen LogP contribution in [-0.2, 0) is 0 Å². The van der Waals surface area contributed by atoms with Gasteiger partial charge in [0.2, 0.25) is 5.76 Å². The summed E-state index contributed by atoms with van der Waals surface area (Å²) < 4.78 is 5.43. The molecular formula is C13H21N3O2. The third-order valence-corrected chi connectivity index (χ3v) is 3.63. The van der Waals surface area contributed by atoms with Crippen molar-refractivity contribution in [2.75, 3.05) is 6.54 Å². The van der Waals surface area contributed by atoms with Gasteiger partial charge >= 0.3 is 0 Å². The summed E-state index contributed by atoms with van der Waals surface area (Å²) in [7, 11) is 0. The van der Waals surface area contributed by atoms with E-state index in [2.05, 4.69) is 11.9 Å². The monoisotopic (exact) mass is 251 g/mol. The van der Waals surface area contributed by atoms with Gasteiger partial charge in [-0.1, -0.05) is 0 Å². The Bertz CT molecular complexity index is 441. The number of hydrogen-bond donors (Lipinski definition) is 1. The van der Waals surface area contributed by atoms with Gasteiger partial charge in [-0.25, -0.2) is 4.98 Å². The number of oxazole rings is 1. The maximum atomic E-state index is 12.6. The van der Waals surface area contributed by atoms with Crippen LogP contribution < -0.4 is 5.73 Å². The van der Waals surface area contributed by atoms with E-state index in [-0.39, 0.29) is 18.0 Å². The summed E-state index contributed by atoms with van der Waals surface area (Å²) in [6, 6.07) is 0.329. The van der Waals surface area contributed by atoms with Crippen molar-refractivity contribution in [1.29, 1.82) is 0 Å². The van der Waals surface area contributed by atoms with Gasteiger partial charge in [-0.3, -0.25) is 4.79 Å². The number of piperidine rings is 1. The second-order valence-corrected chi connectivity index (χ2v) is 5.03. The van der Waals surface area contributed by atoms with Crippen LogP contribution in [0.15, 0.2) is 4.42 Å². The van der Waals surface area contributed by atoms with Gasteiger partial charge in [0.15, 0.2) is 5.89 Å². The molecule has 1 saturated heterocycles. The number of aromatic nitrogens is 1. The van der Waals surface area contributed by atoms with Crippen molar-refractivity contribution in [2.45, 2.75) is 52.1 Å². The van der Waals surface area contributed by atoms with E-state index >= 15 is 0 Å². The predicted molar refractivity (Wildman–Crippen MR) is 68.3 cm³/mol. The standard InChI is InChI=1S/C13H21N3O2/c1-8-5-4-6-11(7-14)16(8)13(17)12-9(2)15-10(3)18-12/h8,11H,4-7,14H2,1-3H3. The first-order valence-electron chi connectivity index (χ1n) is 6.51. The van der Waals surface area contributed by atoms with Crippen molar-refractivity contribution in [3.05, 3.63) is 17.3 Å². The summed E-state index contributed by atoms with van der Waals surface area (Å²) >= 11 is 0. The normalized spacial score (nSPS) is 24.3.